The highest BCUT2D eigenvalue weighted by Gasteiger charge is 2.35. The smallest absolute Gasteiger partial charge is 0.368 e. The summed E-state index contributed by atoms with van der Waals surface area (Å²) in [6, 6.07) is 12.9. The number of amides is 1. The maximum atomic E-state index is 13.3. The molecule has 1 amide bonds. The number of nitrogens with zero attached hydrogens (tertiary/aromatic N) is 4. The summed E-state index contributed by atoms with van der Waals surface area (Å²) in [6.07, 6.45) is -4.71. The van der Waals surface area contributed by atoms with Crippen molar-refractivity contribution in [1.29, 1.82) is 0 Å². The van der Waals surface area contributed by atoms with Crippen LogP contribution in [-0.4, -0.2) is 25.4 Å². The van der Waals surface area contributed by atoms with Gasteiger partial charge in [-0.05, 0) is 18.2 Å². The Morgan fingerprint density at radius 3 is 2.23 bits per heavy atom. The second-order valence-electron chi connectivity index (χ2n) is 6.56. The maximum absolute atomic E-state index is 13.3. The summed E-state index contributed by atoms with van der Waals surface area (Å²) >= 11 is 0.966. The van der Waals surface area contributed by atoms with Crippen molar-refractivity contribution in [2.45, 2.75) is 23.5 Å². The molecule has 0 aliphatic rings. The minimum atomic E-state index is -4.71. The van der Waals surface area contributed by atoms with Gasteiger partial charge in [-0.3, -0.25) is 14.2 Å². The lowest BCUT2D eigenvalue weighted by molar-refractivity contribution is -0.145. The summed E-state index contributed by atoms with van der Waals surface area (Å²) in [5.41, 5.74) is 5.38. The highest BCUT2D eigenvalue weighted by Crippen LogP contribution is 2.33. The van der Waals surface area contributed by atoms with Gasteiger partial charge in [-0.15, -0.1) is 0 Å². The first-order valence-electron chi connectivity index (χ1n) is 8.97. The van der Waals surface area contributed by atoms with Gasteiger partial charge in [-0.2, -0.15) is 13.2 Å². The lowest BCUT2D eigenvalue weighted by atomic mass is 10.2. The van der Waals surface area contributed by atoms with Gasteiger partial charge in [-0.25, -0.2) is 15.0 Å². The number of aromatic nitrogens is 4. The van der Waals surface area contributed by atoms with E-state index in [0.29, 0.717) is 16.3 Å². The van der Waals surface area contributed by atoms with Crippen LogP contribution in [0.15, 0.2) is 58.4 Å². The molecule has 7 nitrogen and oxygen atoms in total. The average Bonchev–Trinajstić information content (AvgIpc) is 2.73. The molecule has 0 bridgehead atoms. The van der Waals surface area contributed by atoms with E-state index in [-0.39, 0.29) is 22.1 Å². The predicted molar refractivity (Wildman–Crippen MR) is 109 cm³/mol. The first kappa shape index (κ1) is 20.8. The molecule has 158 valence electrons. The Hall–Kier alpha value is -3.47. The number of fused-ring (bicyclic) bond motifs is 2. The number of alkyl halides is 3. The van der Waals surface area contributed by atoms with Crippen molar-refractivity contribution in [1.82, 2.24) is 19.5 Å². The van der Waals surface area contributed by atoms with Crippen molar-refractivity contribution < 1.29 is 18.0 Å². The number of carbonyl (C=O) groups excluding carboxylic acids is 1. The molecule has 31 heavy (non-hydrogen) atoms. The molecular formula is C20H14F3N5O2S. The van der Waals surface area contributed by atoms with Crippen LogP contribution in [0.3, 0.4) is 0 Å². The van der Waals surface area contributed by atoms with Gasteiger partial charge in [0.1, 0.15) is 17.4 Å². The lowest BCUT2D eigenvalue weighted by Crippen LogP contribution is -2.31. The van der Waals surface area contributed by atoms with E-state index in [1.807, 2.05) is 0 Å². The van der Waals surface area contributed by atoms with Crippen LogP contribution in [0.5, 0.6) is 0 Å². The standard InChI is InChI=1S/C20H14F3N5O2S/c21-20(22,23)19-26-13-7-3-1-5-11(13)17(27-19)31-10-16-25-14-8-4-2-6-12(14)18(30)28(16)9-15(24)29/h1-8H,9-10H2,(H2,24,29). The summed E-state index contributed by atoms with van der Waals surface area (Å²) < 4.78 is 40.9. The van der Waals surface area contributed by atoms with E-state index in [9.17, 15) is 22.8 Å². The molecule has 2 heterocycles. The maximum Gasteiger partial charge on any atom is 0.451 e. The Bertz CT molecular complexity index is 1370. The van der Waals surface area contributed by atoms with E-state index in [0.717, 1.165) is 16.3 Å². The van der Waals surface area contributed by atoms with E-state index >= 15 is 0 Å². The van der Waals surface area contributed by atoms with Crippen LogP contribution >= 0.6 is 11.8 Å². The van der Waals surface area contributed by atoms with Crippen molar-refractivity contribution in [2.75, 3.05) is 0 Å². The summed E-state index contributed by atoms with van der Waals surface area (Å²) in [4.78, 5) is 36.0. The van der Waals surface area contributed by atoms with Gasteiger partial charge in [0.15, 0.2) is 0 Å². The van der Waals surface area contributed by atoms with Crippen LogP contribution in [0.25, 0.3) is 21.8 Å². The quantitative estimate of drug-likeness (QED) is 0.374. The molecule has 2 N–H and O–H groups in total. The van der Waals surface area contributed by atoms with E-state index < -0.39 is 30.0 Å². The Balaban J connectivity index is 1.80. The molecule has 11 heteroatoms. The van der Waals surface area contributed by atoms with Gasteiger partial charge in [0.05, 0.1) is 22.2 Å². The molecule has 0 saturated heterocycles. The number of hydrogen-bond acceptors (Lipinski definition) is 6. The van der Waals surface area contributed by atoms with Crippen LogP contribution in [0.4, 0.5) is 13.2 Å². The van der Waals surface area contributed by atoms with E-state index in [1.165, 1.54) is 6.07 Å². The van der Waals surface area contributed by atoms with E-state index in [2.05, 4.69) is 15.0 Å². The monoisotopic (exact) mass is 445 g/mol. The number of thioether (sulfide) groups is 1. The summed E-state index contributed by atoms with van der Waals surface area (Å²) in [5.74, 6) is -1.80. The topological polar surface area (TPSA) is 104 Å². The molecule has 0 fully saturated rings. The molecule has 2 aromatic heterocycles. The molecular weight excluding hydrogens is 431 g/mol. The number of halogens is 3. The molecule has 4 rings (SSSR count). The number of carbonyl (C=O) groups is 1. The van der Waals surface area contributed by atoms with Gasteiger partial charge in [0.25, 0.3) is 5.56 Å². The van der Waals surface area contributed by atoms with Crippen LogP contribution in [0.1, 0.15) is 11.6 Å². The zero-order valence-electron chi connectivity index (χ0n) is 15.8. The van der Waals surface area contributed by atoms with Crippen molar-refractivity contribution >= 4 is 39.5 Å². The number of hydrogen-bond donors (Lipinski definition) is 1. The van der Waals surface area contributed by atoms with Gasteiger partial charge < -0.3 is 5.73 Å². The van der Waals surface area contributed by atoms with Crippen LogP contribution in [0, 0.1) is 0 Å². The summed E-state index contributed by atoms with van der Waals surface area (Å²) in [7, 11) is 0. The highest BCUT2D eigenvalue weighted by molar-refractivity contribution is 7.98. The fourth-order valence-electron chi connectivity index (χ4n) is 3.06. The third-order valence-electron chi connectivity index (χ3n) is 4.41. The van der Waals surface area contributed by atoms with Gasteiger partial charge in [0.2, 0.25) is 11.7 Å². The lowest BCUT2D eigenvalue weighted by Gasteiger charge is -2.13. The van der Waals surface area contributed by atoms with Crippen molar-refractivity contribution in [3.63, 3.8) is 0 Å². The Morgan fingerprint density at radius 1 is 0.968 bits per heavy atom. The molecule has 0 aliphatic heterocycles. The van der Waals surface area contributed by atoms with Crippen LogP contribution in [0.2, 0.25) is 0 Å². The SMILES string of the molecule is NC(=O)Cn1c(CSc2nc(C(F)(F)F)nc3ccccc23)nc2ccccc2c1=O. The molecule has 0 aliphatic carbocycles. The molecule has 4 aromatic rings. The fourth-order valence-corrected chi connectivity index (χ4v) is 4.03. The number of nitrogens with two attached hydrogens (primary N) is 1. The molecule has 0 spiro atoms. The van der Waals surface area contributed by atoms with Gasteiger partial charge in [-0.1, -0.05) is 42.1 Å². The Labute approximate surface area is 177 Å². The fraction of sp³-hybridized carbons (Fsp3) is 0.150. The van der Waals surface area contributed by atoms with E-state index in [4.69, 9.17) is 5.73 Å². The minimum Gasteiger partial charge on any atom is -0.368 e. The molecule has 0 atom stereocenters. The van der Waals surface area contributed by atoms with Crippen LogP contribution < -0.4 is 11.3 Å². The normalized spacial score (nSPS) is 11.8. The number of benzene rings is 2. The summed E-state index contributed by atoms with van der Waals surface area (Å²) in [6.45, 7) is -0.398. The third kappa shape index (κ3) is 4.22. The Morgan fingerprint density at radius 2 is 1.58 bits per heavy atom. The van der Waals surface area contributed by atoms with E-state index in [1.54, 1.807) is 42.5 Å². The highest BCUT2D eigenvalue weighted by atomic mass is 32.2. The predicted octanol–water partition coefficient (Wildman–Crippen LogP) is 3.14. The molecule has 2 aromatic carbocycles. The zero-order chi connectivity index (χ0) is 22.2. The minimum absolute atomic E-state index is 0.00827. The van der Waals surface area contributed by atoms with Crippen LogP contribution in [-0.2, 0) is 23.3 Å². The Kier molecular flexibility index (Phi) is 5.36. The average molecular weight is 445 g/mol. The van der Waals surface area contributed by atoms with Crippen molar-refractivity contribution in [3.05, 3.63) is 70.5 Å². The third-order valence-corrected chi connectivity index (χ3v) is 5.40. The number of primary amides is 1. The van der Waals surface area contributed by atoms with Crippen molar-refractivity contribution in [3.8, 4) is 0 Å². The summed E-state index contributed by atoms with van der Waals surface area (Å²) in [5, 5.41) is 0.834. The number of para-hydroxylation sites is 2. The second-order valence-corrected chi connectivity index (χ2v) is 7.52. The first-order chi connectivity index (χ1) is 14.7. The molecule has 0 unspecified atom stereocenters. The number of rotatable bonds is 5. The zero-order valence-corrected chi connectivity index (χ0v) is 16.6. The van der Waals surface area contributed by atoms with Crippen molar-refractivity contribution in [2.24, 2.45) is 5.73 Å². The first-order valence-corrected chi connectivity index (χ1v) is 9.96. The molecule has 0 saturated carbocycles. The van der Waals surface area contributed by atoms with Gasteiger partial charge >= 0.3 is 6.18 Å². The largest absolute Gasteiger partial charge is 0.451 e. The molecule has 0 radical (unpaired) electrons. The second kappa shape index (κ2) is 7.99. The van der Waals surface area contributed by atoms with Gasteiger partial charge in [0, 0.05) is 5.39 Å².